The average Bonchev–Trinajstić information content (AvgIpc) is 2.46. The highest BCUT2D eigenvalue weighted by Gasteiger charge is 2.27. The Bertz CT molecular complexity index is 490. The predicted molar refractivity (Wildman–Crippen MR) is 89.1 cm³/mol. The lowest BCUT2D eigenvalue weighted by molar-refractivity contribution is 0.0669. The van der Waals surface area contributed by atoms with Gasteiger partial charge in [-0.25, -0.2) is 0 Å². The van der Waals surface area contributed by atoms with Gasteiger partial charge in [0.05, 0.1) is 0 Å². The lowest BCUT2D eigenvalue weighted by Crippen LogP contribution is -2.40. The van der Waals surface area contributed by atoms with Gasteiger partial charge in [0, 0.05) is 24.5 Å². The van der Waals surface area contributed by atoms with Crippen LogP contribution in [0.25, 0.3) is 0 Å². The Morgan fingerprint density at radius 1 is 1.33 bits per heavy atom. The summed E-state index contributed by atoms with van der Waals surface area (Å²) in [7, 11) is 0. The van der Waals surface area contributed by atoms with Crippen LogP contribution in [0.1, 0.15) is 56.0 Å². The zero-order chi connectivity index (χ0) is 15.5. The molecule has 1 saturated heterocycles. The van der Waals surface area contributed by atoms with Gasteiger partial charge in [-0.2, -0.15) is 0 Å². The second-order valence-corrected chi connectivity index (χ2v) is 7.41. The number of alkyl halides is 1. The molecule has 0 N–H and O–H groups in total. The summed E-state index contributed by atoms with van der Waals surface area (Å²) in [5.74, 6) is 1.42. The molecule has 0 saturated carbocycles. The standard InChI is InChI=1S/C18H26ClNO/c1-18(2,3)16-9-5-4-8-15(16)17(21)20-12-6-7-14(13-20)10-11-19/h4-5,8-9,14H,6-7,10-13H2,1-3H3. The van der Waals surface area contributed by atoms with E-state index >= 15 is 0 Å². The van der Waals surface area contributed by atoms with Crippen LogP contribution in [0, 0.1) is 5.92 Å². The summed E-state index contributed by atoms with van der Waals surface area (Å²) in [5.41, 5.74) is 1.98. The van der Waals surface area contributed by atoms with Crippen LogP contribution in [0.15, 0.2) is 24.3 Å². The van der Waals surface area contributed by atoms with Crippen molar-refractivity contribution in [3.63, 3.8) is 0 Å². The Hall–Kier alpha value is -1.02. The first-order chi connectivity index (χ1) is 9.93. The van der Waals surface area contributed by atoms with Gasteiger partial charge in [0.1, 0.15) is 0 Å². The molecule has 3 heteroatoms. The van der Waals surface area contributed by atoms with Crippen molar-refractivity contribution in [3.8, 4) is 0 Å². The molecule has 1 heterocycles. The molecule has 0 radical (unpaired) electrons. The van der Waals surface area contributed by atoms with E-state index in [1.165, 1.54) is 6.42 Å². The number of hydrogen-bond acceptors (Lipinski definition) is 1. The second kappa shape index (κ2) is 6.83. The molecule has 0 aliphatic carbocycles. The maximum atomic E-state index is 12.9. The molecular formula is C18H26ClNO. The third-order valence-corrected chi connectivity index (χ3v) is 4.51. The van der Waals surface area contributed by atoms with Gasteiger partial charge in [-0.15, -0.1) is 11.6 Å². The van der Waals surface area contributed by atoms with Crippen LogP contribution in [-0.4, -0.2) is 29.8 Å². The number of amides is 1. The van der Waals surface area contributed by atoms with Crippen LogP contribution in [0.4, 0.5) is 0 Å². The van der Waals surface area contributed by atoms with Gasteiger partial charge in [0.2, 0.25) is 0 Å². The highest BCUT2D eigenvalue weighted by Crippen LogP contribution is 2.28. The van der Waals surface area contributed by atoms with Gasteiger partial charge < -0.3 is 4.90 Å². The smallest absolute Gasteiger partial charge is 0.254 e. The molecule has 116 valence electrons. The van der Waals surface area contributed by atoms with Gasteiger partial charge >= 0.3 is 0 Å². The Morgan fingerprint density at radius 2 is 2.05 bits per heavy atom. The van der Waals surface area contributed by atoms with Crippen molar-refractivity contribution in [2.45, 2.75) is 45.4 Å². The summed E-state index contributed by atoms with van der Waals surface area (Å²) in [5, 5.41) is 0. The van der Waals surface area contributed by atoms with E-state index in [9.17, 15) is 4.79 Å². The van der Waals surface area contributed by atoms with Gasteiger partial charge in [0.25, 0.3) is 5.91 Å². The molecule has 0 aromatic heterocycles. The summed E-state index contributed by atoms with van der Waals surface area (Å²) in [6.07, 6.45) is 3.29. The van der Waals surface area contributed by atoms with E-state index < -0.39 is 0 Å². The zero-order valence-corrected chi connectivity index (χ0v) is 14.1. The van der Waals surface area contributed by atoms with Crippen molar-refractivity contribution in [3.05, 3.63) is 35.4 Å². The Labute approximate surface area is 133 Å². The van der Waals surface area contributed by atoms with E-state index in [0.717, 1.165) is 37.1 Å². The van der Waals surface area contributed by atoms with Crippen molar-refractivity contribution in [2.24, 2.45) is 5.92 Å². The van der Waals surface area contributed by atoms with Gasteiger partial charge in [-0.05, 0) is 42.2 Å². The average molecular weight is 308 g/mol. The van der Waals surface area contributed by atoms with Crippen LogP contribution < -0.4 is 0 Å². The highest BCUT2D eigenvalue weighted by molar-refractivity contribution is 6.17. The van der Waals surface area contributed by atoms with Crippen LogP contribution >= 0.6 is 11.6 Å². The Balaban J connectivity index is 2.20. The van der Waals surface area contributed by atoms with E-state index in [0.29, 0.717) is 11.8 Å². The molecule has 0 bridgehead atoms. The van der Waals surface area contributed by atoms with Crippen molar-refractivity contribution >= 4 is 17.5 Å². The number of carbonyl (C=O) groups excluding carboxylic acids is 1. The SMILES string of the molecule is CC(C)(C)c1ccccc1C(=O)N1CCCC(CCCl)C1. The maximum Gasteiger partial charge on any atom is 0.254 e. The van der Waals surface area contributed by atoms with Crippen LogP contribution in [0.3, 0.4) is 0 Å². The fraction of sp³-hybridized carbons (Fsp3) is 0.611. The molecule has 1 aliphatic heterocycles. The third-order valence-electron chi connectivity index (χ3n) is 4.29. The summed E-state index contributed by atoms with van der Waals surface area (Å²) in [6.45, 7) is 8.20. The number of piperidine rings is 1. The van der Waals surface area contributed by atoms with Gasteiger partial charge in [-0.3, -0.25) is 4.79 Å². The molecular weight excluding hydrogens is 282 g/mol. The minimum atomic E-state index is -0.0163. The Morgan fingerprint density at radius 3 is 2.71 bits per heavy atom. The molecule has 1 fully saturated rings. The first-order valence-electron chi connectivity index (χ1n) is 7.88. The second-order valence-electron chi connectivity index (χ2n) is 7.03. The number of likely N-dealkylation sites (tertiary alicyclic amines) is 1. The molecule has 1 aromatic carbocycles. The quantitative estimate of drug-likeness (QED) is 0.755. The summed E-state index contributed by atoms with van der Waals surface area (Å²) < 4.78 is 0. The number of rotatable bonds is 3. The summed E-state index contributed by atoms with van der Waals surface area (Å²) in [4.78, 5) is 14.9. The van der Waals surface area contributed by atoms with E-state index in [-0.39, 0.29) is 11.3 Å². The van der Waals surface area contributed by atoms with Gasteiger partial charge in [0.15, 0.2) is 0 Å². The topological polar surface area (TPSA) is 20.3 Å². The number of nitrogens with zero attached hydrogens (tertiary/aromatic N) is 1. The fourth-order valence-corrected chi connectivity index (χ4v) is 3.44. The highest BCUT2D eigenvalue weighted by atomic mass is 35.5. The van der Waals surface area contributed by atoms with Crippen LogP contribution in [0.2, 0.25) is 0 Å². The molecule has 1 aliphatic rings. The molecule has 0 spiro atoms. The molecule has 1 unspecified atom stereocenters. The molecule has 2 rings (SSSR count). The molecule has 1 atom stereocenters. The number of halogens is 1. The van der Waals surface area contributed by atoms with Gasteiger partial charge in [-0.1, -0.05) is 39.0 Å². The summed E-state index contributed by atoms with van der Waals surface area (Å²) in [6, 6.07) is 8.02. The summed E-state index contributed by atoms with van der Waals surface area (Å²) >= 11 is 5.86. The molecule has 21 heavy (non-hydrogen) atoms. The normalized spacial score (nSPS) is 19.6. The predicted octanol–water partition coefficient (Wildman–Crippen LogP) is 4.47. The van der Waals surface area contributed by atoms with E-state index in [1.54, 1.807) is 0 Å². The number of carbonyl (C=O) groups is 1. The monoisotopic (exact) mass is 307 g/mol. The van der Waals surface area contributed by atoms with Crippen molar-refractivity contribution in [1.29, 1.82) is 0 Å². The van der Waals surface area contributed by atoms with Crippen molar-refractivity contribution in [1.82, 2.24) is 4.90 Å². The minimum absolute atomic E-state index is 0.0163. The zero-order valence-electron chi connectivity index (χ0n) is 13.4. The Kier molecular flexibility index (Phi) is 5.32. The van der Waals surface area contributed by atoms with Crippen LogP contribution in [-0.2, 0) is 5.41 Å². The van der Waals surface area contributed by atoms with Crippen molar-refractivity contribution < 1.29 is 4.79 Å². The van der Waals surface area contributed by atoms with Crippen LogP contribution in [0.5, 0.6) is 0 Å². The lowest BCUT2D eigenvalue weighted by Gasteiger charge is -2.34. The van der Waals surface area contributed by atoms with Crippen molar-refractivity contribution in [2.75, 3.05) is 19.0 Å². The molecule has 2 nitrogen and oxygen atoms in total. The fourth-order valence-electron chi connectivity index (χ4n) is 3.13. The van der Waals surface area contributed by atoms with E-state index in [2.05, 4.69) is 26.8 Å². The van der Waals surface area contributed by atoms with E-state index in [4.69, 9.17) is 11.6 Å². The lowest BCUT2D eigenvalue weighted by atomic mass is 9.83. The number of hydrogen-bond donors (Lipinski definition) is 0. The third kappa shape index (κ3) is 4.00. The largest absolute Gasteiger partial charge is 0.338 e. The first-order valence-corrected chi connectivity index (χ1v) is 8.41. The number of benzene rings is 1. The first kappa shape index (κ1) is 16.4. The minimum Gasteiger partial charge on any atom is -0.338 e. The molecule has 1 aromatic rings. The van der Waals surface area contributed by atoms with E-state index in [1.807, 2.05) is 23.1 Å². The molecule has 1 amide bonds. The maximum absolute atomic E-state index is 12.9.